The number of benzene rings is 1. The molecule has 2 unspecified atom stereocenters. The van der Waals surface area contributed by atoms with E-state index in [0.717, 1.165) is 19.3 Å². The van der Waals surface area contributed by atoms with Crippen molar-refractivity contribution in [1.29, 1.82) is 0 Å². The van der Waals surface area contributed by atoms with Gasteiger partial charge in [0.1, 0.15) is 0 Å². The molecule has 0 spiro atoms. The molecule has 0 amide bonds. The van der Waals surface area contributed by atoms with E-state index in [4.69, 9.17) is 14.5 Å². The highest BCUT2D eigenvalue weighted by Gasteiger charge is 2.47. The van der Waals surface area contributed by atoms with Crippen LogP contribution in [-0.2, 0) is 24.0 Å². The highest BCUT2D eigenvalue weighted by Crippen LogP contribution is 2.28. The van der Waals surface area contributed by atoms with Gasteiger partial charge in [-0.1, -0.05) is 36.4 Å². The lowest BCUT2D eigenvalue weighted by Gasteiger charge is -2.16. The van der Waals surface area contributed by atoms with Gasteiger partial charge in [0.25, 0.3) is 5.79 Å². The second kappa shape index (κ2) is 8.73. The van der Waals surface area contributed by atoms with Crippen LogP contribution in [0.2, 0.25) is 0 Å². The van der Waals surface area contributed by atoms with Crippen LogP contribution in [0.25, 0.3) is 0 Å². The number of hydrogen-bond donors (Lipinski definition) is 0. The van der Waals surface area contributed by atoms with Gasteiger partial charge in [-0.3, -0.25) is 4.79 Å². The third-order valence-electron chi connectivity index (χ3n) is 3.62. The summed E-state index contributed by atoms with van der Waals surface area (Å²) < 4.78 is 10.0. The molecule has 2 rings (SSSR count). The number of hydrogen-bond acceptors (Lipinski definition) is 6. The molecule has 0 saturated carbocycles. The molecule has 0 aliphatic carbocycles. The van der Waals surface area contributed by atoms with Crippen molar-refractivity contribution in [2.45, 2.75) is 44.7 Å². The molecule has 0 bridgehead atoms. The molecule has 0 N–H and O–H groups in total. The first-order valence-electron chi connectivity index (χ1n) is 7.92. The number of carbonyl (C=O) groups excluding carboxylic acids is 2. The molecular weight excluding hydrogens is 312 g/mol. The smallest absolute Gasteiger partial charge is 0.369 e. The number of carbonyl (C=O) groups is 2. The predicted octanol–water partition coefficient (Wildman–Crippen LogP) is 3.18. The van der Waals surface area contributed by atoms with E-state index < -0.39 is 18.0 Å². The maximum Gasteiger partial charge on any atom is 0.369 e. The first-order chi connectivity index (χ1) is 11.5. The number of allylic oxidation sites excluding steroid dienone is 2. The Hall–Kier alpha value is -2.02. The topological polar surface area (TPSA) is 71.1 Å². The molecule has 1 aliphatic rings. The predicted molar refractivity (Wildman–Crippen MR) is 85.8 cm³/mol. The van der Waals surface area contributed by atoms with Crippen molar-refractivity contribution in [2.24, 2.45) is 0 Å². The second-order valence-corrected chi connectivity index (χ2v) is 5.58. The Morgan fingerprint density at radius 3 is 2.71 bits per heavy atom. The molecule has 1 saturated heterocycles. The van der Waals surface area contributed by atoms with Crippen LogP contribution in [0, 0.1) is 0 Å². The number of unbranched alkanes of at least 4 members (excludes halogenated alkanes) is 2. The minimum absolute atomic E-state index is 0.000282. The summed E-state index contributed by atoms with van der Waals surface area (Å²) in [6.45, 7) is 1.46. The molecule has 1 fully saturated rings. The van der Waals surface area contributed by atoms with Crippen LogP contribution in [0.5, 0.6) is 0 Å². The quantitative estimate of drug-likeness (QED) is 0.239. The zero-order valence-corrected chi connectivity index (χ0v) is 13.9. The van der Waals surface area contributed by atoms with Crippen molar-refractivity contribution in [1.82, 2.24) is 0 Å². The summed E-state index contributed by atoms with van der Waals surface area (Å²) in [4.78, 5) is 33.3. The highest BCUT2D eigenvalue weighted by atomic mass is 17.3. The zero-order chi connectivity index (χ0) is 17.4. The lowest BCUT2D eigenvalue weighted by atomic mass is 10.1. The van der Waals surface area contributed by atoms with E-state index in [2.05, 4.69) is 4.74 Å². The second-order valence-electron chi connectivity index (χ2n) is 5.58. The van der Waals surface area contributed by atoms with E-state index in [1.54, 1.807) is 18.2 Å². The molecule has 24 heavy (non-hydrogen) atoms. The van der Waals surface area contributed by atoms with E-state index in [1.807, 2.05) is 24.3 Å². The van der Waals surface area contributed by atoms with Crippen molar-refractivity contribution in [3.05, 3.63) is 48.0 Å². The number of ketones is 1. The van der Waals surface area contributed by atoms with E-state index in [0.29, 0.717) is 12.0 Å². The van der Waals surface area contributed by atoms with Crippen LogP contribution in [-0.4, -0.2) is 30.9 Å². The third-order valence-corrected chi connectivity index (χ3v) is 3.62. The minimum Gasteiger partial charge on any atom is -0.465 e. The van der Waals surface area contributed by atoms with Gasteiger partial charge in [0.15, 0.2) is 12.1 Å². The van der Waals surface area contributed by atoms with Crippen LogP contribution >= 0.6 is 0 Å². The Bertz CT molecular complexity index is 582. The van der Waals surface area contributed by atoms with E-state index in [9.17, 15) is 9.59 Å². The standard InChI is InChI=1S/C18H22O6/c1-18(17(20)21-2)22-16(23-24-18)13-9-4-3-8-12-15(19)14-10-6-5-7-11-14/h5-8,10-12,16H,3-4,9,13H2,1-2H3/b12-8+. The summed E-state index contributed by atoms with van der Waals surface area (Å²) in [5.41, 5.74) is 0.681. The number of methoxy groups -OCH3 is 1. The molecule has 1 aromatic carbocycles. The van der Waals surface area contributed by atoms with E-state index >= 15 is 0 Å². The van der Waals surface area contributed by atoms with Crippen molar-refractivity contribution < 1.29 is 28.8 Å². The van der Waals surface area contributed by atoms with E-state index in [-0.39, 0.29) is 5.78 Å². The largest absolute Gasteiger partial charge is 0.465 e. The Morgan fingerprint density at radius 1 is 1.25 bits per heavy atom. The summed E-state index contributed by atoms with van der Waals surface area (Å²) in [6, 6.07) is 9.14. The fraction of sp³-hybridized carbons (Fsp3) is 0.444. The van der Waals surface area contributed by atoms with Crippen LogP contribution in [0.1, 0.15) is 43.0 Å². The first-order valence-corrected chi connectivity index (χ1v) is 7.92. The van der Waals surface area contributed by atoms with Crippen molar-refractivity contribution >= 4 is 11.8 Å². The molecule has 6 nitrogen and oxygen atoms in total. The van der Waals surface area contributed by atoms with E-state index in [1.165, 1.54) is 14.0 Å². The normalized spacial score (nSPS) is 23.5. The van der Waals surface area contributed by atoms with Crippen LogP contribution in [0.4, 0.5) is 0 Å². The maximum absolute atomic E-state index is 11.9. The van der Waals surface area contributed by atoms with Gasteiger partial charge in [-0.05, 0) is 25.3 Å². The van der Waals surface area contributed by atoms with Crippen LogP contribution in [0.3, 0.4) is 0 Å². The molecule has 0 aromatic heterocycles. The van der Waals surface area contributed by atoms with Gasteiger partial charge in [-0.15, -0.1) is 0 Å². The molecule has 1 heterocycles. The fourth-order valence-corrected chi connectivity index (χ4v) is 2.27. The van der Waals surface area contributed by atoms with Gasteiger partial charge in [0, 0.05) is 18.9 Å². The zero-order valence-electron chi connectivity index (χ0n) is 13.9. The summed E-state index contributed by atoms with van der Waals surface area (Å²) in [5, 5.41) is 0. The van der Waals surface area contributed by atoms with Crippen molar-refractivity contribution in [3.63, 3.8) is 0 Å². The highest BCUT2D eigenvalue weighted by molar-refractivity contribution is 6.04. The average molecular weight is 334 g/mol. The van der Waals surface area contributed by atoms with Gasteiger partial charge >= 0.3 is 5.97 Å². The third kappa shape index (κ3) is 4.99. The van der Waals surface area contributed by atoms with Gasteiger partial charge < -0.3 is 9.47 Å². The van der Waals surface area contributed by atoms with Crippen molar-refractivity contribution in [2.75, 3.05) is 7.11 Å². The Labute approximate surface area is 141 Å². The van der Waals surface area contributed by atoms with Crippen LogP contribution in [0.15, 0.2) is 42.5 Å². The first kappa shape index (κ1) is 18.3. The lowest BCUT2D eigenvalue weighted by Crippen LogP contribution is -2.38. The van der Waals surface area contributed by atoms with Crippen molar-refractivity contribution in [3.8, 4) is 0 Å². The minimum atomic E-state index is -1.50. The Morgan fingerprint density at radius 2 is 2.00 bits per heavy atom. The molecule has 130 valence electrons. The van der Waals surface area contributed by atoms with Crippen LogP contribution < -0.4 is 0 Å². The SMILES string of the molecule is COC(=O)C1(C)OOC(CCCC/C=C/C(=O)c2ccccc2)O1. The maximum atomic E-state index is 11.9. The summed E-state index contributed by atoms with van der Waals surface area (Å²) in [6.07, 6.45) is 5.92. The molecule has 1 aromatic rings. The number of ether oxygens (including phenoxy) is 2. The van der Waals surface area contributed by atoms with Gasteiger partial charge in [-0.25, -0.2) is 9.68 Å². The molecular formula is C18H22O6. The number of esters is 1. The monoisotopic (exact) mass is 334 g/mol. The summed E-state index contributed by atoms with van der Waals surface area (Å²) in [7, 11) is 1.26. The van der Waals surface area contributed by atoms with Gasteiger partial charge in [0.2, 0.25) is 0 Å². The Kier molecular flexibility index (Phi) is 6.66. The molecule has 2 atom stereocenters. The van der Waals surface area contributed by atoms with Gasteiger partial charge in [0.05, 0.1) is 7.11 Å². The molecule has 6 heteroatoms. The molecule has 1 aliphatic heterocycles. The summed E-state index contributed by atoms with van der Waals surface area (Å²) >= 11 is 0. The molecule has 0 radical (unpaired) electrons. The fourth-order valence-electron chi connectivity index (χ4n) is 2.27. The lowest BCUT2D eigenvalue weighted by molar-refractivity contribution is -0.321. The summed E-state index contributed by atoms with van der Waals surface area (Å²) in [5.74, 6) is -2.13. The van der Waals surface area contributed by atoms with Gasteiger partial charge in [-0.2, -0.15) is 4.89 Å². The number of rotatable bonds is 8. The Balaban J connectivity index is 1.63. The average Bonchev–Trinajstić information content (AvgIpc) is 3.00.